The van der Waals surface area contributed by atoms with Gasteiger partial charge in [-0.2, -0.15) is 15.3 Å². The first-order chi connectivity index (χ1) is 17.5. The molecule has 0 aliphatic carbocycles. The maximum absolute atomic E-state index is 12.1. The molecule has 10 heteroatoms. The van der Waals surface area contributed by atoms with Crippen LogP contribution in [0.3, 0.4) is 0 Å². The average Bonchev–Trinajstić information content (AvgIpc) is 3.63. The Kier molecular flexibility index (Phi) is 5.59. The highest BCUT2D eigenvalue weighted by Gasteiger charge is 2.31. The van der Waals surface area contributed by atoms with Gasteiger partial charge in [0.2, 0.25) is 5.91 Å². The summed E-state index contributed by atoms with van der Waals surface area (Å²) >= 11 is 7.01. The Morgan fingerprint density at radius 2 is 2.00 bits per heavy atom. The van der Waals surface area contributed by atoms with Gasteiger partial charge >= 0.3 is 0 Å². The number of halogens is 1. The van der Waals surface area contributed by atoms with Crippen molar-refractivity contribution in [3.63, 3.8) is 0 Å². The van der Waals surface area contributed by atoms with E-state index in [1.54, 1.807) is 0 Å². The summed E-state index contributed by atoms with van der Waals surface area (Å²) < 4.78 is 4.22. The van der Waals surface area contributed by atoms with Crippen molar-refractivity contribution in [2.45, 2.75) is 45.8 Å². The third-order valence-electron chi connectivity index (χ3n) is 7.58. The molecule has 1 saturated heterocycles. The van der Waals surface area contributed by atoms with Gasteiger partial charge in [0.15, 0.2) is 5.82 Å². The van der Waals surface area contributed by atoms with Crippen LogP contribution in [0.15, 0.2) is 37.2 Å². The maximum Gasteiger partial charge on any atom is 0.245 e. The number of H-pyrrole nitrogens is 1. The number of anilines is 1. The molecule has 6 rings (SSSR count). The van der Waals surface area contributed by atoms with Crippen molar-refractivity contribution < 1.29 is 4.79 Å². The number of aromatic amines is 1. The zero-order valence-corrected chi connectivity index (χ0v) is 21.3. The minimum absolute atomic E-state index is 0.00849. The van der Waals surface area contributed by atoms with Crippen molar-refractivity contribution in [1.82, 2.24) is 34.7 Å². The van der Waals surface area contributed by atoms with Gasteiger partial charge in [-0.25, -0.2) is 0 Å². The number of aryl methyl sites for hydroxylation is 1. The zero-order chi connectivity index (χ0) is 25.0. The molecule has 1 N–H and O–H groups in total. The molecular formula is C26H29ClN8O. The third-order valence-corrected chi connectivity index (χ3v) is 8.07. The molecule has 9 nitrogen and oxygen atoms in total. The summed E-state index contributed by atoms with van der Waals surface area (Å²) in [4.78, 5) is 16.3. The molecule has 36 heavy (non-hydrogen) atoms. The molecule has 0 spiro atoms. The number of nitrogens with zero attached hydrogens (tertiary/aromatic N) is 7. The van der Waals surface area contributed by atoms with Gasteiger partial charge in [0.1, 0.15) is 0 Å². The summed E-state index contributed by atoms with van der Waals surface area (Å²) in [5.41, 5.74) is 6.21. The molecule has 3 aromatic heterocycles. The number of benzene rings is 1. The summed E-state index contributed by atoms with van der Waals surface area (Å²) in [5.74, 6) is 0.922. The van der Waals surface area contributed by atoms with Crippen LogP contribution in [-0.4, -0.2) is 60.2 Å². The molecule has 186 valence electrons. The van der Waals surface area contributed by atoms with Gasteiger partial charge in [0.05, 0.1) is 41.6 Å². The Labute approximate surface area is 214 Å². The van der Waals surface area contributed by atoms with E-state index in [0.29, 0.717) is 13.1 Å². The van der Waals surface area contributed by atoms with Gasteiger partial charge in [0.25, 0.3) is 0 Å². The number of aromatic nitrogens is 6. The summed E-state index contributed by atoms with van der Waals surface area (Å²) in [6.07, 6.45) is 6.79. The lowest BCUT2D eigenvalue weighted by Gasteiger charge is -2.32. The standard InChI is InChI=1S/C26H29ClN8O/c1-4-22(36)32-9-6-18(7-10-32)35-17(3)23(24-20-14-28-30-21(20)13-16(2)25(24)27)26(31-35)33-11-12-34-19(15-33)5-8-29-34/h4-5,8,13-14,18H,1,6-7,9-12,15H2,2-3H3,(H,28,30). The van der Waals surface area contributed by atoms with Crippen molar-refractivity contribution in [3.05, 3.63) is 59.2 Å². The molecule has 2 aliphatic heterocycles. The fraction of sp³-hybridized carbons (Fsp3) is 0.385. The third kappa shape index (κ3) is 3.61. The molecule has 4 aromatic rings. The Morgan fingerprint density at radius 3 is 2.78 bits per heavy atom. The van der Waals surface area contributed by atoms with Crippen molar-refractivity contribution in [2.75, 3.05) is 24.5 Å². The van der Waals surface area contributed by atoms with Crippen LogP contribution < -0.4 is 4.90 Å². The number of amides is 1. The number of hydrogen-bond donors (Lipinski definition) is 1. The Morgan fingerprint density at radius 1 is 1.19 bits per heavy atom. The number of carbonyl (C=O) groups excluding carboxylic acids is 1. The van der Waals surface area contributed by atoms with E-state index in [-0.39, 0.29) is 11.9 Å². The highest BCUT2D eigenvalue weighted by atomic mass is 35.5. The van der Waals surface area contributed by atoms with Crippen LogP contribution in [-0.2, 0) is 17.9 Å². The van der Waals surface area contributed by atoms with Crippen LogP contribution in [0.5, 0.6) is 0 Å². The minimum Gasteiger partial charge on any atom is -0.347 e. The number of hydrogen-bond acceptors (Lipinski definition) is 5. The molecule has 0 unspecified atom stereocenters. The second-order valence-electron chi connectivity index (χ2n) is 9.67. The first-order valence-corrected chi connectivity index (χ1v) is 12.7. The zero-order valence-electron chi connectivity index (χ0n) is 20.5. The van der Waals surface area contributed by atoms with Crippen LogP contribution >= 0.6 is 11.6 Å². The van der Waals surface area contributed by atoms with Gasteiger partial charge in [-0.05, 0) is 50.5 Å². The SMILES string of the molecule is C=CC(=O)N1CCC(n2nc(N3CCn4nccc4C3)c(-c3c(Cl)c(C)cc4[nH]ncc34)c2C)CC1. The fourth-order valence-electron chi connectivity index (χ4n) is 5.64. The molecule has 2 aliphatic rings. The molecule has 1 amide bonds. The number of carbonyl (C=O) groups is 1. The van der Waals surface area contributed by atoms with Crippen LogP contribution in [0.1, 0.15) is 35.8 Å². The van der Waals surface area contributed by atoms with E-state index in [4.69, 9.17) is 16.7 Å². The highest BCUT2D eigenvalue weighted by Crippen LogP contribution is 2.44. The van der Waals surface area contributed by atoms with Crippen molar-refractivity contribution in [3.8, 4) is 11.1 Å². The van der Waals surface area contributed by atoms with E-state index in [9.17, 15) is 4.79 Å². The van der Waals surface area contributed by atoms with Gasteiger partial charge in [0, 0.05) is 48.0 Å². The summed E-state index contributed by atoms with van der Waals surface area (Å²) in [5, 5.41) is 18.8. The Bertz CT molecular complexity index is 1470. The van der Waals surface area contributed by atoms with E-state index in [1.165, 1.54) is 11.8 Å². The second-order valence-corrected chi connectivity index (χ2v) is 10.0. The lowest BCUT2D eigenvalue weighted by Crippen LogP contribution is -2.38. The van der Waals surface area contributed by atoms with Crippen LogP contribution in [0, 0.1) is 13.8 Å². The molecule has 0 radical (unpaired) electrons. The Balaban J connectivity index is 1.48. The lowest BCUT2D eigenvalue weighted by atomic mass is 9.98. The molecule has 0 atom stereocenters. The fourth-order valence-corrected chi connectivity index (χ4v) is 5.90. The molecule has 1 fully saturated rings. The first-order valence-electron chi connectivity index (χ1n) is 12.3. The molecule has 0 bridgehead atoms. The van der Waals surface area contributed by atoms with Crippen molar-refractivity contribution >= 4 is 34.2 Å². The van der Waals surface area contributed by atoms with Gasteiger partial charge in [-0.1, -0.05) is 18.2 Å². The van der Waals surface area contributed by atoms with Crippen molar-refractivity contribution in [2.24, 2.45) is 0 Å². The van der Waals surface area contributed by atoms with E-state index in [1.807, 2.05) is 30.3 Å². The van der Waals surface area contributed by atoms with Crippen LogP contribution in [0.25, 0.3) is 22.0 Å². The number of likely N-dealkylation sites (tertiary alicyclic amines) is 1. The molecule has 0 saturated carbocycles. The quantitative estimate of drug-likeness (QED) is 0.419. The normalized spacial score (nSPS) is 16.5. The topological polar surface area (TPSA) is 87.9 Å². The average molecular weight is 505 g/mol. The number of fused-ring (bicyclic) bond motifs is 2. The highest BCUT2D eigenvalue weighted by molar-refractivity contribution is 6.36. The molecule has 5 heterocycles. The van der Waals surface area contributed by atoms with E-state index in [2.05, 4.69) is 49.1 Å². The number of piperidine rings is 1. The lowest BCUT2D eigenvalue weighted by molar-refractivity contribution is -0.127. The summed E-state index contributed by atoms with van der Waals surface area (Å²) in [6, 6.07) is 4.31. The predicted octanol–water partition coefficient (Wildman–Crippen LogP) is 4.26. The number of nitrogens with one attached hydrogen (secondary N) is 1. The molecule has 1 aromatic carbocycles. The molecular weight excluding hydrogens is 476 g/mol. The van der Waals surface area contributed by atoms with E-state index in [0.717, 1.165) is 76.6 Å². The van der Waals surface area contributed by atoms with Crippen LogP contribution in [0.2, 0.25) is 5.02 Å². The summed E-state index contributed by atoms with van der Waals surface area (Å²) in [6.45, 7) is 11.5. The minimum atomic E-state index is -0.00849. The smallest absolute Gasteiger partial charge is 0.245 e. The van der Waals surface area contributed by atoms with Crippen LogP contribution in [0.4, 0.5) is 5.82 Å². The Hall–Kier alpha value is -3.59. The monoisotopic (exact) mass is 504 g/mol. The maximum atomic E-state index is 12.1. The van der Waals surface area contributed by atoms with E-state index < -0.39 is 0 Å². The van der Waals surface area contributed by atoms with Crippen molar-refractivity contribution in [1.29, 1.82) is 0 Å². The largest absolute Gasteiger partial charge is 0.347 e. The predicted molar refractivity (Wildman–Crippen MR) is 140 cm³/mol. The van der Waals surface area contributed by atoms with Gasteiger partial charge < -0.3 is 9.80 Å². The van der Waals surface area contributed by atoms with E-state index >= 15 is 0 Å². The first kappa shape index (κ1) is 22.8. The second kappa shape index (κ2) is 8.81. The summed E-state index contributed by atoms with van der Waals surface area (Å²) in [7, 11) is 0. The van der Waals surface area contributed by atoms with Gasteiger partial charge in [-0.3, -0.25) is 19.3 Å². The van der Waals surface area contributed by atoms with Gasteiger partial charge in [-0.15, -0.1) is 0 Å². The number of rotatable bonds is 4.